The van der Waals surface area contributed by atoms with Crippen molar-refractivity contribution >= 4 is 44.9 Å². The first kappa shape index (κ1) is 25.1. The summed E-state index contributed by atoms with van der Waals surface area (Å²) in [7, 11) is -9.74. The highest BCUT2D eigenvalue weighted by molar-refractivity contribution is 8.60. The lowest BCUT2D eigenvalue weighted by atomic mass is 10.1. The SMILES string of the molecule is O=c1ccn([C@@H]2O[C@H](COP(=S)(S)OP(=O)(O)CP(=O)(O)O)[C@@H](O)[C@H]2O)c(=O)[nH]1. The molecule has 6 N–H and O–H groups in total. The van der Waals surface area contributed by atoms with Crippen LogP contribution in [0.3, 0.4) is 0 Å². The van der Waals surface area contributed by atoms with Crippen LogP contribution in [0.25, 0.3) is 0 Å². The first-order chi connectivity index (χ1) is 13.1. The van der Waals surface area contributed by atoms with E-state index in [1.54, 1.807) is 0 Å². The van der Waals surface area contributed by atoms with E-state index in [-0.39, 0.29) is 0 Å². The molecule has 0 radical (unpaired) electrons. The molecule has 1 saturated heterocycles. The van der Waals surface area contributed by atoms with Gasteiger partial charge in [-0.3, -0.25) is 23.5 Å². The Labute approximate surface area is 172 Å². The van der Waals surface area contributed by atoms with E-state index in [9.17, 15) is 33.8 Å². The van der Waals surface area contributed by atoms with Gasteiger partial charge in [-0.25, -0.2) is 9.11 Å². The van der Waals surface area contributed by atoms with E-state index < -0.39 is 69.2 Å². The predicted molar refractivity (Wildman–Crippen MR) is 104 cm³/mol. The number of aromatic amines is 1. The van der Waals surface area contributed by atoms with Gasteiger partial charge in [0.2, 0.25) is 0 Å². The average Bonchev–Trinajstić information content (AvgIpc) is 2.78. The number of nitrogens with zero attached hydrogens (tertiary/aromatic N) is 1. The smallest absolute Gasteiger partial charge is 0.346 e. The van der Waals surface area contributed by atoms with E-state index >= 15 is 0 Å². The van der Waals surface area contributed by atoms with Gasteiger partial charge in [-0.1, -0.05) is 12.2 Å². The number of ether oxygens (including phenoxy) is 1. The van der Waals surface area contributed by atoms with E-state index in [4.69, 9.17) is 30.9 Å². The minimum atomic E-state index is -4.89. The molecule has 1 aliphatic heterocycles. The molecule has 0 amide bonds. The normalized spacial score (nSPS) is 29.3. The number of aliphatic hydroxyl groups excluding tert-OH is 2. The quantitative estimate of drug-likeness (QED) is 0.158. The second kappa shape index (κ2) is 9.13. The first-order valence-corrected chi connectivity index (χ1v) is 14.8. The fourth-order valence-electron chi connectivity index (χ4n) is 2.34. The standard InChI is InChI=1S/C10H17N2O12P3S2/c13-6-1-2-12(10(16)11-6)9-8(15)7(14)5(23-9)3-22-27(28,29)24-26(20,21)4-25(17,18)19/h1-2,5,7-9,14-15H,3-4H2,(H,20,21)(H,28,29)(H,11,13,16)(H2,17,18,19)/t5-,7-,8-,9-/m1/s1. The van der Waals surface area contributed by atoms with Crippen LogP contribution in [0.5, 0.6) is 0 Å². The van der Waals surface area contributed by atoms with Gasteiger partial charge in [0.15, 0.2) is 12.1 Å². The zero-order valence-corrected chi connectivity index (χ0v) is 18.5. The summed E-state index contributed by atoms with van der Waals surface area (Å²) in [6, 6.07) is 0.995. The van der Waals surface area contributed by atoms with Crippen molar-refractivity contribution in [2.45, 2.75) is 24.5 Å². The third kappa shape index (κ3) is 7.18. The molecule has 2 heterocycles. The Balaban J connectivity index is 2.06. The largest absolute Gasteiger partial charge is 0.387 e. The summed E-state index contributed by atoms with van der Waals surface area (Å²) >= 11 is 8.57. The number of aromatic nitrogens is 2. The van der Waals surface area contributed by atoms with Gasteiger partial charge in [0.05, 0.1) is 6.61 Å². The van der Waals surface area contributed by atoms with Crippen LogP contribution in [0.1, 0.15) is 6.23 Å². The van der Waals surface area contributed by atoms with Crippen molar-refractivity contribution in [1.29, 1.82) is 0 Å². The molecule has 1 aliphatic rings. The number of nitrogens with one attached hydrogen (secondary N) is 1. The Kier molecular flexibility index (Phi) is 7.90. The number of rotatable bonds is 8. The monoisotopic (exact) mass is 514 g/mol. The van der Waals surface area contributed by atoms with Crippen LogP contribution in [0, 0.1) is 0 Å². The molecule has 1 aromatic rings. The maximum absolute atomic E-state index is 11.8. The maximum Gasteiger partial charge on any atom is 0.346 e. The average molecular weight is 514 g/mol. The summed E-state index contributed by atoms with van der Waals surface area (Å²) in [6.45, 7) is -0.608. The Hall–Kier alpha value is -0.180. The Bertz CT molecular complexity index is 1010. The second-order valence-corrected chi connectivity index (χ2v) is 15.3. The molecular weight excluding hydrogens is 497 g/mol. The number of H-pyrrole nitrogens is 1. The minimum Gasteiger partial charge on any atom is -0.387 e. The van der Waals surface area contributed by atoms with Crippen LogP contribution in [-0.2, 0) is 34.5 Å². The Morgan fingerprint density at radius 1 is 1.24 bits per heavy atom. The van der Waals surface area contributed by atoms with Crippen molar-refractivity contribution < 1.29 is 47.6 Å². The number of hydrogen-bond acceptors (Lipinski definition) is 10. The summed E-state index contributed by atoms with van der Waals surface area (Å²) in [5.41, 5.74) is -5.41. The summed E-state index contributed by atoms with van der Waals surface area (Å²) in [6.07, 6.45) is -4.82. The van der Waals surface area contributed by atoms with E-state index in [1.165, 1.54) is 0 Å². The Morgan fingerprint density at radius 2 is 1.86 bits per heavy atom. The van der Waals surface area contributed by atoms with Crippen LogP contribution in [0.15, 0.2) is 21.9 Å². The van der Waals surface area contributed by atoms with Crippen molar-refractivity contribution in [2.75, 3.05) is 12.5 Å². The lowest BCUT2D eigenvalue weighted by Crippen LogP contribution is -2.37. The van der Waals surface area contributed by atoms with Crippen molar-refractivity contribution in [3.8, 4) is 0 Å². The summed E-state index contributed by atoms with van der Waals surface area (Å²) in [5, 5.41) is 20.2. The molecule has 0 saturated carbocycles. The number of thiol groups is 1. The molecule has 19 heteroatoms. The molecule has 1 fully saturated rings. The maximum atomic E-state index is 11.8. The van der Waals surface area contributed by atoms with Gasteiger partial charge in [-0.05, 0) is 11.8 Å². The molecule has 2 unspecified atom stereocenters. The highest BCUT2D eigenvalue weighted by Gasteiger charge is 2.45. The minimum absolute atomic E-state index is 0.608. The van der Waals surface area contributed by atoms with E-state index in [0.29, 0.717) is 0 Å². The molecule has 0 spiro atoms. The van der Waals surface area contributed by atoms with E-state index in [2.05, 4.69) is 16.6 Å². The topological polar surface area (TPSA) is 218 Å². The molecule has 2 rings (SSSR count). The second-order valence-electron chi connectivity index (χ2n) is 5.85. The molecule has 1 aromatic heterocycles. The molecule has 0 bridgehead atoms. The fourth-order valence-corrected chi connectivity index (χ4v) is 9.03. The first-order valence-electron chi connectivity index (χ1n) is 7.48. The van der Waals surface area contributed by atoms with Gasteiger partial charge in [-0.2, -0.15) is 0 Å². The number of hydrogen-bond donors (Lipinski definition) is 7. The zero-order valence-electron chi connectivity index (χ0n) is 14.1. The number of aliphatic hydroxyl groups is 2. The van der Waals surface area contributed by atoms with Crippen LogP contribution in [0.2, 0.25) is 0 Å². The predicted octanol–water partition coefficient (Wildman–Crippen LogP) is -1.34. The van der Waals surface area contributed by atoms with Gasteiger partial charge < -0.3 is 34.2 Å². The van der Waals surface area contributed by atoms with Crippen molar-refractivity contribution in [3.05, 3.63) is 33.1 Å². The van der Waals surface area contributed by atoms with E-state index in [0.717, 1.165) is 16.8 Å². The third-order valence-corrected chi connectivity index (χ3v) is 10.6. The highest BCUT2D eigenvalue weighted by Crippen LogP contribution is 2.68. The zero-order chi connectivity index (χ0) is 22.2. The van der Waals surface area contributed by atoms with Crippen LogP contribution < -0.4 is 11.2 Å². The van der Waals surface area contributed by atoms with Gasteiger partial charge in [0.25, 0.3) is 11.3 Å². The van der Waals surface area contributed by atoms with Gasteiger partial charge >= 0.3 is 20.9 Å². The molecular formula is C10H17N2O12P3S2. The summed E-state index contributed by atoms with van der Waals surface area (Å²) in [4.78, 5) is 51.9. The highest BCUT2D eigenvalue weighted by atomic mass is 32.9. The van der Waals surface area contributed by atoms with Gasteiger partial charge in [0.1, 0.15) is 18.3 Å². The molecule has 14 nitrogen and oxygen atoms in total. The van der Waals surface area contributed by atoms with Gasteiger partial charge in [-0.15, -0.1) is 0 Å². The lowest BCUT2D eigenvalue weighted by Gasteiger charge is -2.22. The van der Waals surface area contributed by atoms with Gasteiger partial charge in [0, 0.05) is 12.3 Å². The van der Waals surface area contributed by atoms with E-state index in [1.807, 2.05) is 4.98 Å². The molecule has 0 aromatic carbocycles. The van der Waals surface area contributed by atoms with Crippen LogP contribution in [0.4, 0.5) is 0 Å². The fraction of sp³-hybridized carbons (Fsp3) is 0.600. The summed E-state index contributed by atoms with van der Waals surface area (Å²) in [5.74, 6) is -1.50. The molecule has 0 aliphatic carbocycles. The third-order valence-electron chi connectivity index (χ3n) is 3.46. The molecule has 166 valence electrons. The molecule has 29 heavy (non-hydrogen) atoms. The molecule has 6 atom stereocenters. The van der Waals surface area contributed by atoms with Crippen molar-refractivity contribution in [2.24, 2.45) is 0 Å². The van der Waals surface area contributed by atoms with Crippen LogP contribution in [-0.4, -0.2) is 65.3 Å². The van der Waals surface area contributed by atoms with Crippen molar-refractivity contribution in [3.63, 3.8) is 0 Å². The lowest BCUT2D eigenvalue weighted by molar-refractivity contribution is -0.0510. The Morgan fingerprint density at radius 3 is 2.41 bits per heavy atom. The van der Waals surface area contributed by atoms with Crippen LogP contribution >= 0.6 is 33.1 Å². The van der Waals surface area contributed by atoms with Crippen molar-refractivity contribution in [1.82, 2.24) is 9.55 Å². The summed E-state index contributed by atoms with van der Waals surface area (Å²) < 4.78 is 38.4.